The van der Waals surface area contributed by atoms with Crippen molar-refractivity contribution in [2.24, 2.45) is 0 Å². The van der Waals surface area contributed by atoms with E-state index in [1.54, 1.807) is 30.1 Å². The lowest BCUT2D eigenvalue weighted by Gasteiger charge is -2.31. The fraction of sp³-hybridized carbons (Fsp3) is 0.467. The van der Waals surface area contributed by atoms with Crippen molar-refractivity contribution < 1.29 is 18.0 Å². The van der Waals surface area contributed by atoms with Crippen molar-refractivity contribution in [3.8, 4) is 0 Å². The second-order valence-corrected chi connectivity index (χ2v) is 7.90. The first-order valence-corrected chi connectivity index (χ1v) is 8.84. The maximum Gasteiger partial charge on any atom is 0.243 e. The molecule has 1 aromatic rings. The molecule has 0 aliphatic carbocycles. The predicted octanol–water partition coefficient (Wildman–Crippen LogP) is 0.0114. The number of fused-ring (bicyclic) bond motifs is 1. The van der Waals surface area contributed by atoms with E-state index < -0.39 is 10.0 Å². The quantitative estimate of drug-likeness (QED) is 0.762. The Morgan fingerprint density at radius 1 is 1.09 bits per heavy atom. The van der Waals surface area contributed by atoms with Gasteiger partial charge >= 0.3 is 0 Å². The second-order valence-electron chi connectivity index (χ2n) is 5.96. The molecule has 0 aromatic heterocycles. The van der Waals surface area contributed by atoms with Crippen molar-refractivity contribution in [3.63, 3.8) is 0 Å². The van der Waals surface area contributed by atoms with Crippen LogP contribution in [-0.2, 0) is 32.7 Å². The Labute approximate surface area is 135 Å². The van der Waals surface area contributed by atoms with Crippen LogP contribution in [0.15, 0.2) is 23.1 Å². The lowest BCUT2D eigenvalue weighted by atomic mass is 10.1. The summed E-state index contributed by atoms with van der Waals surface area (Å²) in [5.41, 5.74) is 1.82. The van der Waals surface area contributed by atoms with Crippen LogP contribution >= 0.6 is 0 Å². The van der Waals surface area contributed by atoms with Gasteiger partial charge in [0.25, 0.3) is 0 Å². The largest absolute Gasteiger partial charge is 0.343 e. The molecule has 0 spiro atoms. The summed E-state index contributed by atoms with van der Waals surface area (Å²) in [6.07, 6.45) is 0. The Balaban J connectivity index is 1.87. The van der Waals surface area contributed by atoms with E-state index in [9.17, 15) is 18.0 Å². The molecule has 2 heterocycles. The van der Waals surface area contributed by atoms with E-state index in [1.165, 1.54) is 16.1 Å². The molecular weight excluding hydrogens is 318 g/mol. The van der Waals surface area contributed by atoms with Crippen LogP contribution < -0.4 is 0 Å². The van der Waals surface area contributed by atoms with Crippen molar-refractivity contribution in [3.05, 3.63) is 29.3 Å². The molecule has 1 aromatic carbocycles. The summed E-state index contributed by atoms with van der Waals surface area (Å²) in [5, 5.41) is 0. The topological polar surface area (TPSA) is 78.0 Å². The zero-order chi connectivity index (χ0) is 16.8. The Morgan fingerprint density at radius 2 is 1.78 bits per heavy atom. The predicted molar refractivity (Wildman–Crippen MR) is 82.8 cm³/mol. The van der Waals surface area contributed by atoms with Crippen LogP contribution in [-0.4, -0.2) is 61.0 Å². The van der Waals surface area contributed by atoms with Gasteiger partial charge in [-0.2, -0.15) is 4.31 Å². The van der Waals surface area contributed by atoms with Crippen molar-refractivity contribution in [2.75, 3.05) is 26.7 Å². The standard InChI is InChI=1S/C15H19N3O4S/c1-11(19)17-8-12-3-4-14(7-13(12)9-17)23(21,22)18-6-5-16(2)15(20)10-18/h3-4,7H,5-6,8-10H2,1-2H3. The number of sulfonamides is 1. The fourth-order valence-corrected chi connectivity index (χ4v) is 4.28. The van der Waals surface area contributed by atoms with E-state index in [-0.39, 0.29) is 23.3 Å². The Morgan fingerprint density at radius 3 is 2.43 bits per heavy atom. The molecule has 7 nitrogen and oxygen atoms in total. The number of likely N-dealkylation sites (N-methyl/N-ethyl adjacent to an activating group) is 1. The molecule has 0 saturated carbocycles. The van der Waals surface area contributed by atoms with E-state index in [0.717, 1.165) is 11.1 Å². The van der Waals surface area contributed by atoms with E-state index >= 15 is 0 Å². The number of nitrogens with zero attached hydrogens (tertiary/aromatic N) is 3. The molecule has 0 N–H and O–H groups in total. The molecule has 8 heteroatoms. The van der Waals surface area contributed by atoms with E-state index in [0.29, 0.717) is 26.2 Å². The molecule has 0 bridgehead atoms. The summed E-state index contributed by atoms with van der Waals surface area (Å²) in [6.45, 7) is 2.99. The van der Waals surface area contributed by atoms with Crippen LogP contribution in [0.3, 0.4) is 0 Å². The minimum Gasteiger partial charge on any atom is -0.343 e. The molecule has 0 unspecified atom stereocenters. The van der Waals surface area contributed by atoms with Gasteiger partial charge in [-0.3, -0.25) is 9.59 Å². The summed E-state index contributed by atoms with van der Waals surface area (Å²) >= 11 is 0. The fourth-order valence-electron chi connectivity index (χ4n) is 2.85. The molecule has 1 fully saturated rings. The first kappa shape index (κ1) is 15.9. The van der Waals surface area contributed by atoms with Gasteiger partial charge in [0.15, 0.2) is 0 Å². The van der Waals surface area contributed by atoms with Crippen LogP contribution in [0.2, 0.25) is 0 Å². The molecule has 2 aliphatic rings. The van der Waals surface area contributed by atoms with Gasteiger partial charge in [0, 0.05) is 40.2 Å². The van der Waals surface area contributed by atoms with Crippen molar-refractivity contribution in [1.82, 2.24) is 14.1 Å². The number of amides is 2. The van der Waals surface area contributed by atoms with Crippen LogP contribution in [0, 0.1) is 0 Å². The van der Waals surface area contributed by atoms with Crippen molar-refractivity contribution >= 4 is 21.8 Å². The number of carbonyl (C=O) groups excluding carboxylic acids is 2. The SMILES string of the molecule is CC(=O)N1Cc2ccc(S(=O)(=O)N3CCN(C)C(=O)C3)cc2C1. The first-order valence-electron chi connectivity index (χ1n) is 7.40. The summed E-state index contributed by atoms with van der Waals surface area (Å²) in [5.74, 6) is -0.237. The van der Waals surface area contributed by atoms with Crippen molar-refractivity contribution in [2.45, 2.75) is 24.9 Å². The third kappa shape index (κ3) is 2.84. The number of hydrogen-bond acceptors (Lipinski definition) is 4. The molecule has 3 rings (SSSR count). The van der Waals surface area contributed by atoms with Gasteiger partial charge in [-0.1, -0.05) is 6.07 Å². The average Bonchev–Trinajstić information content (AvgIpc) is 2.93. The molecule has 124 valence electrons. The summed E-state index contributed by atoms with van der Waals surface area (Å²) in [6, 6.07) is 4.93. The number of benzene rings is 1. The minimum absolute atomic E-state index is 0.0322. The van der Waals surface area contributed by atoms with Gasteiger partial charge < -0.3 is 9.80 Å². The maximum atomic E-state index is 12.7. The van der Waals surface area contributed by atoms with Gasteiger partial charge in [0.1, 0.15) is 0 Å². The molecule has 1 saturated heterocycles. The zero-order valence-corrected chi connectivity index (χ0v) is 14.0. The van der Waals surface area contributed by atoms with Crippen LogP contribution in [0.25, 0.3) is 0 Å². The summed E-state index contributed by atoms with van der Waals surface area (Å²) in [4.78, 5) is 26.6. The lowest BCUT2D eigenvalue weighted by Crippen LogP contribution is -2.50. The van der Waals surface area contributed by atoms with Crippen LogP contribution in [0.4, 0.5) is 0 Å². The highest BCUT2D eigenvalue weighted by molar-refractivity contribution is 7.89. The van der Waals surface area contributed by atoms with Gasteiger partial charge in [0.2, 0.25) is 21.8 Å². The zero-order valence-electron chi connectivity index (χ0n) is 13.2. The third-order valence-corrected chi connectivity index (χ3v) is 6.25. The average molecular weight is 337 g/mol. The number of carbonyl (C=O) groups is 2. The van der Waals surface area contributed by atoms with E-state index in [4.69, 9.17) is 0 Å². The molecule has 23 heavy (non-hydrogen) atoms. The van der Waals surface area contributed by atoms with Crippen LogP contribution in [0.1, 0.15) is 18.1 Å². The van der Waals surface area contributed by atoms with Gasteiger partial charge in [0.05, 0.1) is 11.4 Å². The van der Waals surface area contributed by atoms with Crippen LogP contribution in [0.5, 0.6) is 0 Å². The van der Waals surface area contributed by atoms with Gasteiger partial charge in [-0.15, -0.1) is 0 Å². The minimum atomic E-state index is -3.70. The lowest BCUT2D eigenvalue weighted by molar-refractivity contribution is -0.132. The highest BCUT2D eigenvalue weighted by Gasteiger charge is 2.32. The van der Waals surface area contributed by atoms with E-state index in [2.05, 4.69) is 0 Å². The Hall–Kier alpha value is -1.93. The molecule has 2 amide bonds. The Kier molecular flexibility index (Phi) is 3.89. The summed E-state index contributed by atoms with van der Waals surface area (Å²) in [7, 11) is -2.03. The number of hydrogen-bond donors (Lipinski definition) is 0. The highest BCUT2D eigenvalue weighted by Crippen LogP contribution is 2.27. The summed E-state index contributed by atoms with van der Waals surface area (Å²) < 4.78 is 26.7. The molecule has 0 atom stereocenters. The first-order chi connectivity index (χ1) is 10.8. The third-order valence-electron chi connectivity index (χ3n) is 4.41. The molecule has 2 aliphatic heterocycles. The highest BCUT2D eigenvalue weighted by atomic mass is 32.2. The molecular formula is C15H19N3O4S. The van der Waals surface area contributed by atoms with Gasteiger partial charge in [-0.25, -0.2) is 8.42 Å². The normalized spacial score (nSPS) is 19.1. The Bertz CT molecular complexity index is 775. The maximum absolute atomic E-state index is 12.7. The number of piperazine rings is 1. The second kappa shape index (κ2) is 5.61. The van der Waals surface area contributed by atoms with Gasteiger partial charge in [-0.05, 0) is 23.3 Å². The van der Waals surface area contributed by atoms with Crippen molar-refractivity contribution in [1.29, 1.82) is 0 Å². The van der Waals surface area contributed by atoms with E-state index in [1.807, 2.05) is 0 Å². The number of rotatable bonds is 2. The smallest absolute Gasteiger partial charge is 0.243 e. The monoisotopic (exact) mass is 337 g/mol. The molecule has 0 radical (unpaired) electrons.